The number of nitrogens with two attached hydrogens (primary N) is 1. The van der Waals surface area contributed by atoms with Gasteiger partial charge in [0, 0.05) is 18.2 Å². The van der Waals surface area contributed by atoms with Crippen LogP contribution in [0.25, 0.3) is 0 Å². The number of nitriles is 1. The Balaban J connectivity index is 2.03. The lowest BCUT2D eigenvalue weighted by molar-refractivity contribution is 0.102. The van der Waals surface area contributed by atoms with Gasteiger partial charge in [-0.15, -0.1) is 0 Å². The first-order valence-corrected chi connectivity index (χ1v) is 6.48. The van der Waals surface area contributed by atoms with E-state index in [4.69, 9.17) is 15.7 Å². The molecule has 96 valence electrons. The minimum absolute atomic E-state index is 0.0719. The summed E-state index contributed by atoms with van der Waals surface area (Å²) in [6.07, 6.45) is 7.58. The van der Waals surface area contributed by atoms with Crippen molar-refractivity contribution in [1.29, 1.82) is 5.26 Å². The molecule has 0 spiro atoms. The summed E-state index contributed by atoms with van der Waals surface area (Å²) in [6.45, 7) is 1.21. The number of aromatic nitrogens is 1. The van der Waals surface area contributed by atoms with Gasteiger partial charge in [-0.05, 0) is 25.0 Å². The van der Waals surface area contributed by atoms with E-state index in [0.717, 1.165) is 12.8 Å². The standard InChI is InChI=1S/C14H19N3O/c15-9-12-5-4-8-17-13(12)18-11-14(10-16)6-2-1-3-7-14/h4-5,8H,1-3,6-7,10-11,16H2. The Bertz CT molecular complexity index is 433. The fraction of sp³-hybridized carbons (Fsp3) is 0.571. The minimum Gasteiger partial charge on any atom is -0.476 e. The summed E-state index contributed by atoms with van der Waals surface area (Å²) < 4.78 is 5.75. The van der Waals surface area contributed by atoms with Crippen molar-refractivity contribution < 1.29 is 4.74 Å². The largest absolute Gasteiger partial charge is 0.476 e. The van der Waals surface area contributed by atoms with E-state index >= 15 is 0 Å². The van der Waals surface area contributed by atoms with Gasteiger partial charge in [0.1, 0.15) is 11.6 Å². The summed E-state index contributed by atoms with van der Waals surface area (Å²) in [5.41, 5.74) is 6.47. The number of rotatable bonds is 4. The second-order valence-electron chi connectivity index (χ2n) is 5.02. The van der Waals surface area contributed by atoms with Crippen LogP contribution in [0.1, 0.15) is 37.7 Å². The van der Waals surface area contributed by atoms with Crippen LogP contribution < -0.4 is 10.5 Å². The Morgan fingerprint density at radius 2 is 2.17 bits per heavy atom. The van der Waals surface area contributed by atoms with Crippen LogP contribution in [0.15, 0.2) is 18.3 Å². The van der Waals surface area contributed by atoms with Crippen LogP contribution in [0.4, 0.5) is 0 Å². The Hall–Kier alpha value is -1.60. The molecule has 0 saturated heterocycles. The van der Waals surface area contributed by atoms with Gasteiger partial charge in [-0.2, -0.15) is 5.26 Å². The smallest absolute Gasteiger partial charge is 0.231 e. The van der Waals surface area contributed by atoms with Crippen molar-refractivity contribution in [1.82, 2.24) is 4.98 Å². The van der Waals surface area contributed by atoms with Gasteiger partial charge in [-0.1, -0.05) is 19.3 Å². The number of ether oxygens (including phenoxy) is 1. The summed E-state index contributed by atoms with van der Waals surface area (Å²) in [7, 11) is 0. The third kappa shape index (κ3) is 2.80. The first kappa shape index (κ1) is 12.8. The Kier molecular flexibility index (Phi) is 4.16. The topological polar surface area (TPSA) is 71.9 Å². The number of nitrogens with zero attached hydrogens (tertiary/aromatic N) is 2. The summed E-state index contributed by atoms with van der Waals surface area (Å²) in [6, 6.07) is 5.56. The average Bonchev–Trinajstić information content (AvgIpc) is 2.46. The molecule has 2 N–H and O–H groups in total. The zero-order valence-corrected chi connectivity index (χ0v) is 10.6. The molecule has 1 heterocycles. The number of hydrogen-bond acceptors (Lipinski definition) is 4. The van der Waals surface area contributed by atoms with Gasteiger partial charge >= 0.3 is 0 Å². The van der Waals surface area contributed by atoms with Crippen molar-refractivity contribution >= 4 is 0 Å². The molecule has 4 heteroatoms. The average molecular weight is 245 g/mol. The van der Waals surface area contributed by atoms with Crippen LogP contribution in [0.3, 0.4) is 0 Å². The molecule has 1 fully saturated rings. The molecule has 0 atom stereocenters. The van der Waals surface area contributed by atoms with Gasteiger partial charge in [0.25, 0.3) is 0 Å². The fourth-order valence-electron chi connectivity index (χ4n) is 2.52. The summed E-state index contributed by atoms with van der Waals surface area (Å²) >= 11 is 0. The van der Waals surface area contributed by atoms with Crippen LogP contribution in [0.2, 0.25) is 0 Å². The first-order chi connectivity index (χ1) is 8.79. The second-order valence-corrected chi connectivity index (χ2v) is 5.02. The van der Waals surface area contributed by atoms with Crippen LogP contribution in [-0.4, -0.2) is 18.1 Å². The summed E-state index contributed by atoms with van der Waals surface area (Å²) in [5.74, 6) is 0.429. The fourth-order valence-corrected chi connectivity index (χ4v) is 2.52. The SMILES string of the molecule is N#Cc1cccnc1OCC1(CN)CCCCC1. The highest BCUT2D eigenvalue weighted by Crippen LogP contribution is 2.35. The van der Waals surface area contributed by atoms with E-state index in [2.05, 4.69) is 11.1 Å². The number of hydrogen-bond donors (Lipinski definition) is 1. The maximum atomic E-state index is 8.98. The molecule has 0 unspecified atom stereocenters. The van der Waals surface area contributed by atoms with Gasteiger partial charge in [0.15, 0.2) is 0 Å². The van der Waals surface area contributed by atoms with Gasteiger partial charge < -0.3 is 10.5 Å². The van der Waals surface area contributed by atoms with Crippen molar-refractivity contribution in [3.63, 3.8) is 0 Å². The van der Waals surface area contributed by atoms with E-state index in [1.54, 1.807) is 18.3 Å². The molecule has 1 aromatic rings. The maximum Gasteiger partial charge on any atom is 0.231 e. The molecule has 0 bridgehead atoms. The predicted octanol–water partition coefficient (Wildman–Crippen LogP) is 2.24. The van der Waals surface area contributed by atoms with Crippen LogP contribution in [-0.2, 0) is 0 Å². The lowest BCUT2D eigenvalue weighted by atomic mass is 9.75. The monoisotopic (exact) mass is 245 g/mol. The van der Waals surface area contributed by atoms with Crippen LogP contribution in [0.5, 0.6) is 5.88 Å². The van der Waals surface area contributed by atoms with E-state index in [-0.39, 0.29) is 5.41 Å². The van der Waals surface area contributed by atoms with Gasteiger partial charge in [-0.25, -0.2) is 4.98 Å². The van der Waals surface area contributed by atoms with Crippen LogP contribution in [0, 0.1) is 16.7 Å². The second kappa shape index (κ2) is 5.83. The van der Waals surface area contributed by atoms with Crippen LogP contribution >= 0.6 is 0 Å². The number of pyridine rings is 1. The molecule has 1 saturated carbocycles. The van der Waals surface area contributed by atoms with Crippen molar-refractivity contribution in [2.75, 3.05) is 13.2 Å². The zero-order chi connectivity index (χ0) is 12.8. The highest BCUT2D eigenvalue weighted by Gasteiger charge is 2.31. The minimum atomic E-state index is 0.0719. The third-order valence-corrected chi connectivity index (χ3v) is 3.75. The van der Waals surface area contributed by atoms with Gasteiger partial charge in [0.05, 0.1) is 6.61 Å². The Morgan fingerprint density at radius 3 is 2.83 bits per heavy atom. The highest BCUT2D eigenvalue weighted by molar-refractivity contribution is 5.37. The predicted molar refractivity (Wildman–Crippen MR) is 69.0 cm³/mol. The Morgan fingerprint density at radius 1 is 1.39 bits per heavy atom. The summed E-state index contributed by atoms with van der Waals surface area (Å²) in [5, 5.41) is 8.98. The molecule has 0 amide bonds. The molecule has 1 aliphatic carbocycles. The van der Waals surface area contributed by atoms with E-state index < -0.39 is 0 Å². The van der Waals surface area contributed by atoms with E-state index in [1.165, 1.54) is 19.3 Å². The lowest BCUT2D eigenvalue weighted by Gasteiger charge is -2.35. The molecule has 2 rings (SSSR count). The zero-order valence-electron chi connectivity index (χ0n) is 10.6. The van der Waals surface area contributed by atoms with E-state index in [1.807, 2.05) is 0 Å². The molecule has 18 heavy (non-hydrogen) atoms. The quantitative estimate of drug-likeness (QED) is 0.883. The van der Waals surface area contributed by atoms with E-state index in [0.29, 0.717) is 24.6 Å². The molecule has 0 aromatic carbocycles. The molecular weight excluding hydrogens is 226 g/mol. The molecule has 1 aliphatic rings. The highest BCUT2D eigenvalue weighted by atomic mass is 16.5. The van der Waals surface area contributed by atoms with E-state index in [9.17, 15) is 0 Å². The van der Waals surface area contributed by atoms with Crippen molar-refractivity contribution in [2.45, 2.75) is 32.1 Å². The van der Waals surface area contributed by atoms with Crippen molar-refractivity contribution in [3.8, 4) is 11.9 Å². The van der Waals surface area contributed by atoms with Crippen molar-refractivity contribution in [2.24, 2.45) is 11.1 Å². The normalized spacial score (nSPS) is 18.0. The van der Waals surface area contributed by atoms with Gasteiger partial charge in [0.2, 0.25) is 5.88 Å². The third-order valence-electron chi connectivity index (χ3n) is 3.75. The molecule has 4 nitrogen and oxygen atoms in total. The van der Waals surface area contributed by atoms with Crippen molar-refractivity contribution in [3.05, 3.63) is 23.9 Å². The molecule has 0 aliphatic heterocycles. The van der Waals surface area contributed by atoms with Gasteiger partial charge in [-0.3, -0.25) is 0 Å². The maximum absolute atomic E-state index is 8.98. The molecular formula is C14H19N3O. The first-order valence-electron chi connectivity index (χ1n) is 6.48. The molecule has 0 radical (unpaired) electrons. The summed E-state index contributed by atoms with van der Waals surface area (Å²) in [4.78, 5) is 4.11. The lowest BCUT2D eigenvalue weighted by Crippen LogP contribution is -2.38. The molecule has 1 aromatic heterocycles. The Labute approximate surface area is 108 Å².